The zero-order chi connectivity index (χ0) is 15.6. The lowest BCUT2D eigenvalue weighted by Crippen LogP contribution is -2.11. The van der Waals surface area contributed by atoms with E-state index >= 15 is 0 Å². The maximum absolute atomic E-state index is 6.09. The molecular formula is C17H21ClN2O. The molecule has 112 valence electrons. The third-order valence-corrected chi connectivity index (χ3v) is 3.78. The van der Waals surface area contributed by atoms with Gasteiger partial charge in [0.05, 0.1) is 5.56 Å². The first kappa shape index (κ1) is 15.8. The summed E-state index contributed by atoms with van der Waals surface area (Å²) in [4.78, 5) is 8.20. The quantitative estimate of drug-likeness (QED) is 0.741. The maximum Gasteiger partial charge on any atom is 0.227 e. The van der Waals surface area contributed by atoms with Crippen molar-refractivity contribution in [1.82, 2.24) is 9.97 Å². The molecule has 3 nitrogen and oxygen atoms in total. The zero-order valence-electron chi connectivity index (χ0n) is 13.2. The first-order valence-corrected chi connectivity index (χ1v) is 7.49. The second kappa shape index (κ2) is 6.02. The minimum atomic E-state index is 0.121. The second-order valence-electron chi connectivity index (χ2n) is 6.13. The molecule has 0 N–H and O–H groups in total. The molecule has 0 aliphatic heterocycles. The maximum atomic E-state index is 6.09. The minimum absolute atomic E-state index is 0.121. The number of halogens is 1. The van der Waals surface area contributed by atoms with Gasteiger partial charge in [0.2, 0.25) is 5.88 Å². The fraction of sp³-hybridized carbons (Fsp3) is 0.412. The second-order valence-corrected chi connectivity index (χ2v) is 6.49. The summed E-state index contributed by atoms with van der Waals surface area (Å²) in [5, 5.41) is 0.450. The summed E-state index contributed by atoms with van der Waals surface area (Å²) in [6.07, 6.45) is 2.16. The molecular weight excluding hydrogens is 284 g/mol. The lowest BCUT2D eigenvalue weighted by Gasteiger charge is -2.20. The number of benzene rings is 1. The summed E-state index contributed by atoms with van der Waals surface area (Å²) >= 11 is 6.09. The van der Waals surface area contributed by atoms with E-state index < -0.39 is 0 Å². The Bertz CT molecular complexity index is 648. The average Bonchev–Trinajstić information content (AvgIpc) is 2.40. The van der Waals surface area contributed by atoms with E-state index in [0.29, 0.717) is 11.0 Å². The van der Waals surface area contributed by atoms with Gasteiger partial charge >= 0.3 is 0 Å². The van der Waals surface area contributed by atoms with Gasteiger partial charge in [0, 0.05) is 0 Å². The molecule has 0 radical (unpaired) electrons. The number of ether oxygens (including phenoxy) is 1. The Balaban J connectivity index is 2.35. The lowest BCUT2D eigenvalue weighted by molar-refractivity contribution is 0.451. The summed E-state index contributed by atoms with van der Waals surface area (Å²) < 4.78 is 5.94. The molecule has 2 aromatic rings. The van der Waals surface area contributed by atoms with E-state index in [0.717, 1.165) is 23.3 Å². The first-order valence-electron chi connectivity index (χ1n) is 7.11. The Hall–Kier alpha value is -1.61. The number of aromatic nitrogens is 2. The Morgan fingerprint density at radius 3 is 2.48 bits per heavy atom. The number of hydrogen-bond acceptors (Lipinski definition) is 3. The van der Waals surface area contributed by atoms with Crippen molar-refractivity contribution in [2.24, 2.45) is 0 Å². The first-order chi connectivity index (χ1) is 9.82. The molecule has 4 heteroatoms. The van der Waals surface area contributed by atoms with Crippen LogP contribution in [0.5, 0.6) is 11.6 Å². The van der Waals surface area contributed by atoms with Crippen molar-refractivity contribution in [3.8, 4) is 11.6 Å². The van der Waals surface area contributed by atoms with Gasteiger partial charge in [-0.2, -0.15) is 0 Å². The molecule has 0 fully saturated rings. The van der Waals surface area contributed by atoms with E-state index in [-0.39, 0.29) is 5.41 Å². The third-order valence-electron chi connectivity index (χ3n) is 3.45. The highest BCUT2D eigenvalue weighted by Gasteiger charge is 2.16. The van der Waals surface area contributed by atoms with Crippen molar-refractivity contribution in [1.29, 1.82) is 0 Å². The van der Waals surface area contributed by atoms with Gasteiger partial charge in [-0.05, 0) is 36.0 Å². The highest BCUT2D eigenvalue weighted by Crippen LogP contribution is 2.32. The van der Waals surface area contributed by atoms with Crippen molar-refractivity contribution >= 4 is 11.6 Å². The summed E-state index contributed by atoms with van der Waals surface area (Å²) in [5.74, 6) is 1.33. The molecule has 0 aliphatic carbocycles. The molecule has 2 rings (SSSR count). The topological polar surface area (TPSA) is 35.0 Å². The van der Waals surface area contributed by atoms with E-state index in [1.807, 2.05) is 19.9 Å². The van der Waals surface area contributed by atoms with Gasteiger partial charge in [-0.25, -0.2) is 9.97 Å². The molecule has 0 saturated carbocycles. The van der Waals surface area contributed by atoms with Crippen molar-refractivity contribution in [2.75, 3.05) is 0 Å². The molecule has 0 bridgehead atoms. The monoisotopic (exact) mass is 304 g/mol. The van der Waals surface area contributed by atoms with Gasteiger partial charge in [-0.1, -0.05) is 51.4 Å². The normalized spacial score (nSPS) is 11.5. The van der Waals surface area contributed by atoms with Gasteiger partial charge in [-0.3, -0.25) is 0 Å². The summed E-state index contributed by atoms with van der Waals surface area (Å²) in [5.41, 5.74) is 3.32. The number of hydrogen-bond donors (Lipinski definition) is 0. The highest BCUT2D eigenvalue weighted by molar-refractivity contribution is 6.30. The predicted octanol–water partition coefficient (Wildman–Crippen LogP) is 5.09. The summed E-state index contributed by atoms with van der Waals surface area (Å²) in [6, 6.07) is 6.24. The SMILES string of the molecule is CCc1c(Cl)ncnc1Oc1ccc(C(C)(C)C)cc1C. The van der Waals surface area contributed by atoms with Crippen LogP contribution < -0.4 is 4.74 Å². The zero-order valence-corrected chi connectivity index (χ0v) is 14.0. The molecule has 1 heterocycles. The van der Waals surface area contributed by atoms with Crippen LogP contribution in [0.25, 0.3) is 0 Å². The van der Waals surface area contributed by atoms with Crippen LogP contribution in [0, 0.1) is 6.92 Å². The van der Waals surface area contributed by atoms with Crippen LogP contribution in [0.2, 0.25) is 5.15 Å². The van der Waals surface area contributed by atoms with E-state index in [2.05, 4.69) is 42.9 Å². The Morgan fingerprint density at radius 2 is 1.90 bits per heavy atom. The Labute approximate surface area is 131 Å². The largest absolute Gasteiger partial charge is 0.438 e. The van der Waals surface area contributed by atoms with Crippen LogP contribution in [-0.4, -0.2) is 9.97 Å². The highest BCUT2D eigenvalue weighted by atomic mass is 35.5. The summed E-state index contributed by atoms with van der Waals surface area (Å²) in [6.45, 7) is 10.6. The number of rotatable bonds is 3. The van der Waals surface area contributed by atoms with Gasteiger partial charge in [0.1, 0.15) is 17.2 Å². The van der Waals surface area contributed by atoms with Gasteiger partial charge in [0.25, 0.3) is 0 Å². The standard InChI is InChI=1S/C17H21ClN2O/c1-6-13-15(18)19-10-20-16(13)21-14-8-7-12(9-11(14)2)17(3,4)5/h7-10H,6H2,1-5H3. The fourth-order valence-electron chi connectivity index (χ4n) is 2.10. The van der Waals surface area contributed by atoms with Crippen LogP contribution in [0.15, 0.2) is 24.5 Å². The molecule has 0 unspecified atom stereocenters. The van der Waals surface area contributed by atoms with E-state index in [4.69, 9.17) is 16.3 Å². The molecule has 0 atom stereocenters. The van der Waals surface area contributed by atoms with Crippen molar-refractivity contribution in [2.45, 2.75) is 46.5 Å². The van der Waals surface area contributed by atoms with Gasteiger partial charge in [0.15, 0.2) is 0 Å². The molecule has 0 aliphatic rings. The van der Waals surface area contributed by atoms with Gasteiger partial charge in [-0.15, -0.1) is 0 Å². The Kier molecular flexibility index (Phi) is 4.52. The fourth-order valence-corrected chi connectivity index (χ4v) is 2.35. The van der Waals surface area contributed by atoms with Crippen LogP contribution in [-0.2, 0) is 11.8 Å². The van der Waals surface area contributed by atoms with Crippen molar-refractivity contribution in [3.63, 3.8) is 0 Å². The van der Waals surface area contributed by atoms with Crippen LogP contribution in [0.4, 0.5) is 0 Å². The van der Waals surface area contributed by atoms with Crippen LogP contribution >= 0.6 is 11.6 Å². The Morgan fingerprint density at radius 1 is 1.19 bits per heavy atom. The molecule has 1 aromatic carbocycles. The predicted molar refractivity (Wildman–Crippen MR) is 86.4 cm³/mol. The lowest BCUT2D eigenvalue weighted by atomic mass is 9.86. The van der Waals surface area contributed by atoms with E-state index in [1.165, 1.54) is 11.9 Å². The molecule has 0 saturated heterocycles. The van der Waals surface area contributed by atoms with E-state index in [1.54, 1.807) is 0 Å². The minimum Gasteiger partial charge on any atom is -0.438 e. The number of aryl methyl sites for hydroxylation is 1. The molecule has 0 amide bonds. The average molecular weight is 305 g/mol. The number of nitrogens with zero attached hydrogens (tertiary/aromatic N) is 2. The summed E-state index contributed by atoms with van der Waals surface area (Å²) in [7, 11) is 0. The van der Waals surface area contributed by atoms with E-state index in [9.17, 15) is 0 Å². The van der Waals surface area contributed by atoms with Crippen molar-refractivity contribution in [3.05, 3.63) is 46.4 Å². The molecule has 1 aromatic heterocycles. The van der Waals surface area contributed by atoms with Crippen LogP contribution in [0.3, 0.4) is 0 Å². The van der Waals surface area contributed by atoms with Crippen molar-refractivity contribution < 1.29 is 4.74 Å². The molecule has 21 heavy (non-hydrogen) atoms. The van der Waals surface area contributed by atoms with Crippen LogP contribution in [0.1, 0.15) is 44.4 Å². The molecule has 0 spiro atoms. The van der Waals surface area contributed by atoms with Gasteiger partial charge < -0.3 is 4.74 Å². The third kappa shape index (κ3) is 3.53. The smallest absolute Gasteiger partial charge is 0.227 e.